The lowest BCUT2D eigenvalue weighted by Crippen LogP contribution is -3.11. The van der Waals surface area contributed by atoms with Crippen molar-refractivity contribution in [2.75, 3.05) is 18.4 Å². The number of likely N-dealkylation sites (N-methyl/N-ethyl adjacent to an activating group) is 1. The Hall–Kier alpha value is -2.00. The molecule has 0 radical (unpaired) electrons. The predicted octanol–water partition coefficient (Wildman–Crippen LogP) is 1.59. The van der Waals surface area contributed by atoms with E-state index in [0.29, 0.717) is 21.2 Å². The monoisotopic (exact) mass is 423 g/mol. The molecule has 0 saturated heterocycles. The molecule has 1 aliphatic rings. The summed E-state index contributed by atoms with van der Waals surface area (Å²) in [6.45, 7) is 5.01. The molecule has 9 heteroatoms. The van der Waals surface area contributed by atoms with Gasteiger partial charge in [0, 0.05) is 17.0 Å². The van der Waals surface area contributed by atoms with Gasteiger partial charge in [-0.3, -0.25) is 14.9 Å². The van der Waals surface area contributed by atoms with Gasteiger partial charge in [-0.1, -0.05) is 11.6 Å². The van der Waals surface area contributed by atoms with E-state index >= 15 is 0 Å². The van der Waals surface area contributed by atoms with Crippen LogP contribution in [0.3, 0.4) is 0 Å². The number of nitrogens with one attached hydrogen (secondary N) is 3. The van der Waals surface area contributed by atoms with Gasteiger partial charge in [-0.05, 0) is 49.0 Å². The van der Waals surface area contributed by atoms with Gasteiger partial charge in [-0.2, -0.15) is 0 Å². The molecular weight excluding hydrogens is 404 g/mol. The van der Waals surface area contributed by atoms with Crippen molar-refractivity contribution < 1.29 is 14.5 Å². The van der Waals surface area contributed by atoms with E-state index in [4.69, 9.17) is 29.6 Å². The topological polar surface area (TPSA) is 88.7 Å². The first-order valence-corrected chi connectivity index (χ1v) is 10.1. The van der Waals surface area contributed by atoms with E-state index in [1.807, 2.05) is 0 Å². The highest BCUT2D eigenvalue weighted by Gasteiger charge is 2.28. The largest absolute Gasteiger partial charge is 0.365 e. The molecule has 2 aromatic rings. The third kappa shape index (κ3) is 4.47. The van der Waals surface area contributed by atoms with E-state index < -0.39 is 5.91 Å². The molecule has 1 atom stereocenters. The summed E-state index contributed by atoms with van der Waals surface area (Å²) in [5.41, 5.74) is 7.53. The van der Waals surface area contributed by atoms with Crippen LogP contribution in [0.4, 0.5) is 5.00 Å². The fourth-order valence-electron chi connectivity index (χ4n) is 3.10. The lowest BCUT2D eigenvalue weighted by molar-refractivity contribution is -0.913. The molecular formula is C18H20ClN4O2S2+. The molecule has 1 aromatic carbocycles. The molecule has 2 amide bonds. The molecule has 1 unspecified atom stereocenters. The van der Waals surface area contributed by atoms with E-state index in [2.05, 4.69) is 17.6 Å². The van der Waals surface area contributed by atoms with Gasteiger partial charge in [0.25, 0.3) is 11.8 Å². The van der Waals surface area contributed by atoms with Crippen LogP contribution in [0, 0.1) is 0 Å². The van der Waals surface area contributed by atoms with Gasteiger partial charge in [0.15, 0.2) is 5.11 Å². The summed E-state index contributed by atoms with van der Waals surface area (Å²) in [5, 5.41) is 6.85. The van der Waals surface area contributed by atoms with Crippen LogP contribution in [-0.2, 0) is 13.0 Å². The summed E-state index contributed by atoms with van der Waals surface area (Å²) >= 11 is 12.6. The number of benzene rings is 1. The second-order valence-electron chi connectivity index (χ2n) is 6.27. The van der Waals surface area contributed by atoms with Crippen molar-refractivity contribution in [1.29, 1.82) is 0 Å². The van der Waals surface area contributed by atoms with Crippen LogP contribution in [0.5, 0.6) is 0 Å². The quantitative estimate of drug-likeness (QED) is 0.562. The Morgan fingerprint density at radius 3 is 2.67 bits per heavy atom. The van der Waals surface area contributed by atoms with Crippen LogP contribution in [0.25, 0.3) is 0 Å². The van der Waals surface area contributed by atoms with E-state index in [0.717, 1.165) is 36.5 Å². The smallest absolute Gasteiger partial charge is 0.257 e. The maximum atomic E-state index is 12.3. The summed E-state index contributed by atoms with van der Waals surface area (Å²) in [5.74, 6) is -0.838. The number of nitrogens with two attached hydrogens (primary N) is 1. The van der Waals surface area contributed by atoms with Gasteiger partial charge in [0.2, 0.25) is 0 Å². The molecule has 6 nitrogen and oxygen atoms in total. The minimum absolute atomic E-state index is 0.121. The standard InChI is InChI=1S/C18H19ClN4O2S2/c1-2-23-8-7-12-13(9-23)27-17(14(12)15(20)24)22-18(26)21-16(25)10-3-5-11(19)6-4-10/h3-6H,2,7-9H2,1H3,(H2,20,24)(H2,21,22,25,26)/p+1. The van der Waals surface area contributed by atoms with Crippen molar-refractivity contribution in [2.45, 2.75) is 19.9 Å². The number of thiophene rings is 1. The summed E-state index contributed by atoms with van der Waals surface area (Å²) in [6.07, 6.45) is 0.804. The van der Waals surface area contributed by atoms with Crippen LogP contribution in [0.1, 0.15) is 38.1 Å². The van der Waals surface area contributed by atoms with Crippen molar-refractivity contribution in [3.8, 4) is 0 Å². The fourth-order valence-corrected chi connectivity index (χ4v) is 4.81. The molecule has 2 heterocycles. The van der Waals surface area contributed by atoms with Crippen LogP contribution >= 0.6 is 35.2 Å². The highest BCUT2D eigenvalue weighted by Crippen LogP contribution is 2.34. The summed E-state index contributed by atoms with van der Waals surface area (Å²) in [7, 11) is 0. The van der Waals surface area contributed by atoms with Crippen molar-refractivity contribution in [3.05, 3.63) is 50.9 Å². The Kier molecular flexibility index (Phi) is 6.11. The van der Waals surface area contributed by atoms with Crippen molar-refractivity contribution in [3.63, 3.8) is 0 Å². The van der Waals surface area contributed by atoms with E-state index in [9.17, 15) is 9.59 Å². The molecule has 1 aromatic heterocycles. The van der Waals surface area contributed by atoms with Gasteiger partial charge >= 0.3 is 0 Å². The van der Waals surface area contributed by atoms with Crippen molar-refractivity contribution in [2.24, 2.45) is 5.73 Å². The zero-order valence-electron chi connectivity index (χ0n) is 14.7. The number of carbonyl (C=O) groups excluding carboxylic acids is 2. The lowest BCUT2D eigenvalue weighted by atomic mass is 10.0. The van der Waals surface area contributed by atoms with E-state index in [-0.39, 0.29) is 11.0 Å². The normalized spacial score (nSPS) is 15.7. The van der Waals surface area contributed by atoms with Gasteiger partial charge in [-0.25, -0.2) is 0 Å². The third-order valence-electron chi connectivity index (χ3n) is 4.54. The number of quaternary nitrogens is 1. The zero-order valence-corrected chi connectivity index (χ0v) is 17.1. The molecule has 27 heavy (non-hydrogen) atoms. The Labute approximate surface area is 171 Å². The molecule has 0 bridgehead atoms. The first-order chi connectivity index (χ1) is 12.9. The minimum Gasteiger partial charge on any atom is -0.365 e. The Morgan fingerprint density at radius 2 is 2.04 bits per heavy atom. The predicted molar refractivity (Wildman–Crippen MR) is 112 cm³/mol. The molecule has 1 aliphatic heterocycles. The van der Waals surface area contributed by atoms with Gasteiger partial charge in [-0.15, -0.1) is 11.3 Å². The molecule has 0 aliphatic carbocycles. The molecule has 5 N–H and O–H groups in total. The second-order valence-corrected chi connectivity index (χ2v) is 8.22. The molecule has 3 rings (SSSR count). The first kappa shape index (κ1) is 19.8. The number of thiocarbonyl (C=S) groups is 1. The first-order valence-electron chi connectivity index (χ1n) is 8.54. The van der Waals surface area contributed by atoms with Crippen molar-refractivity contribution >= 4 is 57.1 Å². The molecule has 142 valence electrons. The number of carbonyl (C=O) groups is 2. The fraction of sp³-hybridized carbons (Fsp3) is 0.278. The Balaban J connectivity index is 1.75. The maximum Gasteiger partial charge on any atom is 0.257 e. The zero-order chi connectivity index (χ0) is 19.6. The van der Waals surface area contributed by atoms with Crippen molar-refractivity contribution in [1.82, 2.24) is 5.32 Å². The number of halogens is 1. The summed E-state index contributed by atoms with van der Waals surface area (Å²) in [6, 6.07) is 6.49. The summed E-state index contributed by atoms with van der Waals surface area (Å²) < 4.78 is 0. The maximum absolute atomic E-state index is 12.3. The number of hydrogen-bond donors (Lipinski definition) is 4. The number of fused-ring (bicyclic) bond motifs is 1. The van der Waals surface area contributed by atoms with Crippen LogP contribution in [0.15, 0.2) is 24.3 Å². The van der Waals surface area contributed by atoms with Crippen LogP contribution < -0.4 is 21.3 Å². The van der Waals surface area contributed by atoms with Crippen LogP contribution in [0.2, 0.25) is 5.02 Å². The van der Waals surface area contributed by atoms with Crippen LogP contribution in [-0.4, -0.2) is 30.0 Å². The highest BCUT2D eigenvalue weighted by atomic mass is 35.5. The second kappa shape index (κ2) is 8.35. The average Bonchev–Trinajstić information content (AvgIpc) is 2.98. The third-order valence-corrected chi connectivity index (χ3v) is 6.14. The number of rotatable bonds is 4. The average molecular weight is 424 g/mol. The van der Waals surface area contributed by atoms with Gasteiger partial charge in [0.05, 0.1) is 23.5 Å². The molecule has 0 spiro atoms. The Morgan fingerprint density at radius 1 is 1.33 bits per heavy atom. The number of anilines is 1. The number of primary amides is 1. The molecule has 0 fully saturated rings. The van der Waals surface area contributed by atoms with E-state index in [1.165, 1.54) is 16.2 Å². The lowest BCUT2D eigenvalue weighted by Gasteiger charge is -2.22. The Bertz CT molecular complexity index is 896. The van der Waals surface area contributed by atoms with Gasteiger partial charge in [0.1, 0.15) is 11.5 Å². The van der Waals surface area contributed by atoms with E-state index in [1.54, 1.807) is 24.3 Å². The van der Waals surface area contributed by atoms with Gasteiger partial charge < -0.3 is 16.0 Å². The number of hydrogen-bond acceptors (Lipinski definition) is 4. The summed E-state index contributed by atoms with van der Waals surface area (Å²) in [4.78, 5) is 26.9. The highest BCUT2D eigenvalue weighted by molar-refractivity contribution is 7.80. The number of amides is 2. The SMILES string of the molecule is CC[NH+]1CCc2c(sc(NC(=S)NC(=O)c3ccc(Cl)cc3)c2C(N)=O)C1. The minimum atomic E-state index is -0.484. The molecule has 0 saturated carbocycles.